The van der Waals surface area contributed by atoms with Gasteiger partial charge in [0.25, 0.3) is 0 Å². The quantitative estimate of drug-likeness (QED) is 0.745. The number of sulfonamides is 1. The molecule has 0 unspecified atom stereocenters. The second-order valence-electron chi connectivity index (χ2n) is 4.90. The summed E-state index contributed by atoms with van der Waals surface area (Å²) in [5.74, 6) is 0.0664. The summed E-state index contributed by atoms with van der Waals surface area (Å²) in [7, 11) is -0.773. The Kier molecular flexibility index (Phi) is 5.52. The van der Waals surface area contributed by atoms with Gasteiger partial charge in [-0.1, -0.05) is 0 Å². The van der Waals surface area contributed by atoms with Gasteiger partial charge in [0.05, 0.1) is 11.4 Å². The van der Waals surface area contributed by atoms with Gasteiger partial charge in [-0.25, -0.2) is 13.1 Å². The zero-order chi connectivity index (χ0) is 16.2. The van der Waals surface area contributed by atoms with Crippen LogP contribution in [0.2, 0.25) is 0 Å². The molecule has 0 aliphatic carbocycles. The largest absolute Gasteiger partial charge is 0.355 e. The summed E-state index contributed by atoms with van der Waals surface area (Å²) in [6, 6.07) is 6.25. The summed E-state index contributed by atoms with van der Waals surface area (Å²) in [6.07, 6.45) is 0.726. The predicted molar refractivity (Wildman–Crippen MR) is 81.0 cm³/mol. The topological polar surface area (TPSA) is 84.9 Å². The number of hydrogen-bond acceptors (Lipinski definition) is 5. The third-order valence-corrected chi connectivity index (χ3v) is 4.94. The molecule has 0 aromatic heterocycles. The van der Waals surface area contributed by atoms with Crippen LogP contribution < -0.4 is 9.62 Å². The van der Waals surface area contributed by atoms with Crippen molar-refractivity contribution in [1.29, 1.82) is 0 Å². The van der Waals surface area contributed by atoms with Crippen molar-refractivity contribution < 1.29 is 22.7 Å². The minimum atomic E-state index is -3.64. The number of ether oxygens (including phenoxy) is 2. The van der Waals surface area contributed by atoms with Crippen LogP contribution in [-0.4, -0.2) is 47.9 Å². The van der Waals surface area contributed by atoms with Crippen LogP contribution in [0.15, 0.2) is 29.2 Å². The van der Waals surface area contributed by atoms with E-state index >= 15 is 0 Å². The summed E-state index contributed by atoms with van der Waals surface area (Å²) in [4.78, 5) is 13.5. The first-order valence-corrected chi connectivity index (χ1v) is 8.42. The third kappa shape index (κ3) is 3.83. The average Bonchev–Trinajstić information content (AvgIpc) is 2.94. The van der Waals surface area contributed by atoms with Crippen LogP contribution >= 0.6 is 0 Å². The molecule has 1 aromatic carbocycles. The number of nitrogens with one attached hydrogen (secondary N) is 1. The molecule has 0 saturated carbocycles. The predicted octanol–water partition coefficient (Wildman–Crippen LogP) is 0.711. The summed E-state index contributed by atoms with van der Waals surface area (Å²) < 4.78 is 36.6. The van der Waals surface area contributed by atoms with E-state index in [2.05, 4.69) is 4.72 Å². The van der Waals surface area contributed by atoms with E-state index in [4.69, 9.17) is 9.47 Å². The van der Waals surface area contributed by atoms with E-state index in [1.807, 2.05) is 0 Å². The van der Waals surface area contributed by atoms with E-state index in [0.29, 0.717) is 18.7 Å². The van der Waals surface area contributed by atoms with E-state index in [0.717, 1.165) is 6.42 Å². The van der Waals surface area contributed by atoms with Crippen molar-refractivity contribution in [3.8, 4) is 0 Å². The normalized spacial score (nSPS) is 15.8. The van der Waals surface area contributed by atoms with Crippen molar-refractivity contribution in [2.24, 2.45) is 0 Å². The Morgan fingerprint density at radius 3 is 2.36 bits per heavy atom. The highest BCUT2D eigenvalue weighted by molar-refractivity contribution is 7.89. The maximum atomic E-state index is 12.2. The number of amides is 1. The Bertz CT molecular complexity index is 611. The fraction of sp³-hybridized carbons (Fsp3) is 0.500. The fourth-order valence-corrected chi connectivity index (χ4v) is 3.27. The molecule has 0 radical (unpaired) electrons. The maximum Gasteiger partial charge on any atom is 0.240 e. The molecule has 1 heterocycles. The van der Waals surface area contributed by atoms with E-state index in [1.54, 1.807) is 17.0 Å². The lowest BCUT2D eigenvalue weighted by atomic mass is 10.3. The van der Waals surface area contributed by atoms with E-state index in [9.17, 15) is 13.2 Å². The summed E-state index contributed by atoms with van der Waals surface area (Å²) in [6.45, 7) is 0.689. The Hall–Kier alpha value is -1.48. The van der Waals surface area contributed by atoms with Crippen LogP contribution in [-0.2, 0) is 24.3 Å². The van der Waals surface area contributed by atoms with Gasteiger partial charge in [0.1, 0.15) is 0 Å². The lowest BCUT2D eigenvalue weighted by Gasteiger charge is -2.17. The van der Waals surface area contributed by atoms with Crippen molar-refractivity contribution in [2.45, 2.75) is 24.0 Å². The molecule has 1 saturated heterocycles. The molecule has 1 aromatic rings. The number of benzene rings is 1. The SMILES string of the molecule is COC(CNS(=O)(=O)c1ccc(N2CCCC2=O)cc1)OC. The minimum absolute atomic E-state index is 0.0156. The van der Waals surface area contributed by atoms with Crippen LogP contribution in [0.5, 0.6) is 0 Å². The van der Waals surface area contributed by atoms with Crippen molar-refractivity contribution in [2.75, 3.05) is 32.2 Å². The molecule has 7 nitrogen and oxygen atoms in total. The van der Waals surface area contributed by atoms with Crippen molar-refractivity contribution in [3.05, 3.63) is 24.3 Å². The molecule has 2 rings (SSSR count). The molecule has 0 spiro atoms. The monoisotopic (exact) mass is 328 g/mol. The second-order valence-corrected chi connectivity index (χ2v) is 6.66. The fourth-order valence-electron chi connectivity index (χ4n) is 2.25. The van der Waals surface area contributed by atoms with Crippen molar-refractivity contribution in [1.82, 2.24) is 4.72 Å². The summed E-state index contributed by atoms with van der Waals surface area (Å²) in [5, 5.41) is 0. The Morgan fingerprint density at radius 1 is 1.23 bits per heavy atom. The van der Waals surface area contributed by atoms with Gasteiger partial charge >= 0.3 is 0 Å². The zero-order valence-corrected chi connectivity index (χ0v) is 13.4. The van der Waals surface area contributed by atoms with Crippen LogP contribution in [0.25, 0.3) is 0 Å². The highest BCUT2D eigenvalue weighted by Crippen LogP contribution is 2.22. The first-order chi connectivity index (χ1) is 10.5. The number of hydrogen-bond donors (Lipinski definition) is 1. The standard InChI is InChI=1S/C14H20N2O5S/c1-20-14(21-2)10-15-22(18,19)12-7-5-11(6-8-12)16-9-3-4-13(16)17/h5-8,14-15H,3-4,9-10H2,1-2H3. The maximum absolute atomic E-state index is 12.2. The third-order valence-electron chi connectivity index (χ3n) is 3.50. The molecule has 1 aliphatic rings. The highest BCUT2D eigenvalue weighted by Gasteiger charge is 2.22. The summed E-state index contributed by atoms with van der Waals surface area (Å²) >= 11 is 0. The number of anilines is 1. The van der Waals surface area contributed by atoms with E-state index < -0.39 is 16.3 Å². The molecule has 0 bridgehead atoms. The van der Waals surface area contributed by atoms with Crippen LogP contribution in [0.1, 0.15) is 12.8 Å². The molecular formula is C14H20N2O5S. The highest BCUT2D eigenvalue weighted by atomic mass is 32.2. The smallest absolute Gasteiger partial charge is 0.240 e. The van der Waals surface area contributed by atoms with Gasteiger partial charge < -0.3 is 14.4 Å². The van der Waals surface area contributed by atoms with Gasteiger partial charge in [0.15, 0.2) is 6.29 Å². The molecule has 1 aliphatic heterocycles. The lowest BCUT2D eigenvalue weighted by Crippen LogP contribution is -2.34. The minimum Gasteiger partial charge on any atom is -0.355 e. The molecular weight excluding hydrogens is 308 g/mol. The summed E-state index contributed by atoms with van der Waals surface area (Å²) in [5.41, 5.74) is 0.716. The van der Waals surface area contributed by atoms with Gasteiger partial charge in [-0.3, -0.25) is 4.79 Å². The molecule has 1 N–H and O–H groups in total. The average molecular weight is 328 g/mol. The van der Waals surface area contributed by atoms with E-state index in [-0.39, 0.29) is 17.3 Å². The number of carbonyl (C=O) groups is 1. The van der Waals surface area contributed by atoms with Gasteiger partial charge in [-0.15, -0.1) is 0 Å². The first kappa shape index (κ1) is 16.9. The number of carbonyl (C=O) groups excluding carboxylic acids is 1. The van der Waals surface area contributed by atoms with Crippen molar-refractivity contribution in [3.63, 3.8) is 0 Å². The van der Waals surface area contributed by atoms with Gasteiger partial charge in [0, 0.05) is 32.9 Å². The lowest BCUT2D eigenvalue weighted by molar-refractivity contribution is -0.117. The van der Waals surface area contributed by atoms with Crippen LogP contribution in [0, 0.1) is 0 Å². The van der Waals surface area contributed by atoms with Crippen LogP contribution in [0.4, 0.5) is 5.69 Å². The number of nitrogens with zero attached hydrogens (tertiary/aromatic N) is 1. The molecule has 8 heteroatoms. The Balaban J connectivity index is 2.07. The van der Waals surface area contributed by atoms with E-state index in [1.165, 1.54) is 26.4 Å². The zero-order valence-electron chi connectivity index (χ0n) is 12.6. The molecule has 1 amide bonds. The number of rotatable bonds is 7. The van der Waals surface area contributed by atoms with Crippen LogP contribution in [0.3, 0.4) is 0 Å². The molecule has 0 atom stereocenters. The molecule has 122 valence electrons. The second kappa shape index (κ2) is 7.19. The molecule has 1 fully saturated rings. The number of methoxy groups -OCH3 is 2. The Morgan fingerprint density at radius 2 is 1.86 bits per heavy atom. The Labute approximate surface area is 130 Å². The molecule has 22 heavy (non-hydrogen) atoms. The first-order valence-electron chi connectivity index (χ1n) is 6.93. The van der Waals surface area contributed by atoms with Gasteiger partial charge in [-0.05, 0) is 30.7 Å². The van der Waals surface area contributed by atoms with Gasteiger partial charge in [0.2, 0.25) is 15.9 Å². The van der Waals surface area contributed by atoms with Gasteiger partial charge in [-0.2, -0.15) is 0 Å². The van der Waals surface area contributed by atoms with Crippen molar-refractivity contribution >= 4 is 21.6 Å².